The van der Waals surface area contributed by atoms with Crippen molar-refractivity contribution in [3.63, 3.8) is 0 Å². The zero-order valence-corrected chi connectivity index (χ0v) is 60.3. The van der Waals surface area contributed by atoms with Gasteiger partial charge in [0.25, 0.3) is 0 Å². The highest BCUT2D eigenvalue weighted by Crippen LogP contribution is 2.46. The van der Waals surface area contributed by atoms with Gasteiger partial charge in [0.2, 0.25) is 0 Å². The molecule has 0 aliphatic heterocycles. The summed E-state index contributed by atoms with van der Waals surface area (Å²) in [5.41, 5.74) is 24.3. The zero-order valence-electron chi connectivity index (χ0n) is 60.3. The first-order valence-corrected chi connectivity index (χ1v) is 37.5. The molecule has 0 aliphatic rings. The molecule has 524 valence electrons. The Morgan fingerprint density at radius 1 is 0.170 bits per heavy atom. The number of hydrogen-bond acceptors (Lipinski definition) is 8. The summed E-state index contributed by atoms with van der Waals surface area (Å²) in [5.74, 6) is 3.65. The highest BCUT2D eigenvalue weighted by Gasteiger charge is 2.26. The van der Waals surface area contributed by atoms with Crippen LogP contribution in [0.4, 0.5) is 0 Å². The number of hydrogen-bond donors (Lipinski definition) is 0. The van der Waals surface area contributed by atoms with Crippen molar-refractivity contribution in [1.29, 1.82) is 0 Å². The number of nitrogens with zero attached hydrogens (tertiary/aromatic N) is 8. The molecule has 0 bridgehead atoms. The number of benzene rings is 16. The van der Waals surface area contributed by atoms with Gasteiger partial charge in [-0.2, -0.15) is 0 Å². The van der Waals surface area contributed by atoms with E-state index in [1.54, 1.807) is 0 Å². The third kappa shape index (κ3) is 11.6. The maximum Gasteiger partial charge on any atom is 0.166 e. The molecule has 22 aromatic rings. The first-order chi connectivity index (χ1) is 55.5. The SMILES string of the molecule is c1ccc(-c2ccc(-c3nc(-c4ccccc4)nc(-c4ccccc4-n4c5cc6oc7ccccc7c6cc5c5c(-c6ccccc6)cccc54)n3)cc2)cc1.c1ccc(-c2ccc(-c3nc(-c4ccccc4)nc(-c4ccccc4-n4c5ccc(-c6ccccc6)cc5c5cc6c(cc54)oc4ccccc46)n3)cc2)cc1. The van der Waals surface area contributed by atoms with Gasteiger partial charge in [-0.25, -0.2) is 29.9 Å². The summed E-state index contributed by atoms with van der Waals surface area (Å²) < 4.78 is 17.7. The summed E-state index contributed by atoms with van der Waals surface area (Å²) in [6.07, 6.45) is 0. The summed E-state index contributed by atoms with van der Waals surface area (Å²) in [4.78, 5) is 30.9. The Labute approximate surface area is 643 Å². The fourth-order valence-corrected chi connectivity index (χ4v) is 16.0. The number of furan rings is 2. The first kappa shape index (κ1) is 65.1. The van der Waals surface area contributed by atoms with Gasteiger partial charge in [0.1, 0.15) is 22.3 Å². The van der Waals surface area contributed by atoms with E-state index in [9.17, 15) is 0 Å². The summed E-state index contributed by atoms with van der Waals surface area (Å²) in [6.45, 7) is 0. The zero-order chi connectivity index (χ0) is 74.0. The molecule has 0 amide bonds. The Bertz CT molecular complexity index is 7330. The van der Waals surface area contributed by atoms with Gasteiger partial charge in [-0.1, -0.05) is 309 Å². The third-order valence-electron chi connectivity index (χ3n) is 21.4. The summed E-state index contributed by atoms with van der Waals surface area (Å²) in [7, 11) is 0. The van der Waals surface area contributed by atoms with E-state index in [-0.39, 0.29) is 0 Å². The van der Waals surface area contributed by atoms with Gasteiger partial charge in [0.05, 0.1) is 33.4 Å². The second kappa shape index (κ2) is 27.5. The third-order valence-corrected chi connectivity index (χ3v) is 21.4. The molecule has 0 aliphatic carbocycles. The minimum Gasteiger partial charge on any atom is -0.456 e. The fourth-order valence-electron chi connectivity index (χ4n) is 16.0. The lowest BCUT2D eigenvalue weighted by atomic mass is 9.99. The molecule has 6 aromatic heterocycles. The lowest BCUT2D eigenvalue weighted by Crippen LogP contribution is -2.03. The lowest BCUT2D eigenvalue weighted by molar-refractivity contribution is 0.669. The van der Waals surface area contributed by atoms with E-state index in [1.807, 2.05) is 97.1 Å². The Balaban J connectivity index is 0.000000141. The molecular weight excluding hydrogens is 1370 g/mol. The summed E-state index contributed by atoms with van der Waals surface area (Å²) >= 11 is 0. The van der Waals surface area contributed by atoms with E-state index < -0.39 is 0 Å². The maximum atomic E-state index is 6.50. The molecule has 10 heteroatoms. The Kier molecular flexibility index (Phi) is 16.0. The molecule has 0 saturated heterocycles. The Morgan fingerprint density at radius 3 is 0.964 bits per heavy atom. The Hall–Kier alpha value is -15.3. The first-order valence-electron chi connectivity index (χ1n) is 37.5. The monoisotopic (exact) mass is 1430 g/mol. The minimum atomic E-state index is 0.593. The van der Waals surface area contributed by atoms with Gasteiger partial charge in [0, 0.05) is 88.6 Å². The fraction of sp³-hybridized carbons (Fsp3) is 0. The molecule has 0 unspecified atom stereocenters. The summed E-state index contributed by atoms with van der Waals surface area (Å²) in [6, 6.07) is 135. The standard InChI is InChI=1S/2C51H32N4O/c1-4-15-33(16-5-1)34-27-29-37(30-28-34)50-52-49(36-19-8-3-9-20-36)53-51(54-50)40-22-10-12-24-43(40)55-44-25-14-23-38(35-17-6-2-7-18-35)48(44)42-31-41-39-21-11-13-26-46(39)56-47(41)32-45(42)55;1-4-14-33(15-5-1)35-24-26-37(27-25-35)50-52-49(36-18-8-3-9-19-36)53-51(54-50)40-21-10-12-22-44(40)55-45-29-28-38(34-16-6-2-7-17-34)30-41(45)42-31-43-39-20-11-13-23-47(39)56-48(43)32-46(42)55/h2*1-32H. The van der Waals surface area contributed by atoms with E-state index in [0.29, 0.717) is 34.9 Å². The number of rotatable bonds is 12. The predicted octanol–water partition coefficient (Wildman–Crippen LogP) is 26.4. The van der Waals surface area contributed by atoms with E-state index in [0.717, 1.165) is 160 Å². The Morgan fingerprint density at radius 2 is 0.491 bits per heavy atom. The van der Waals surface area contributed by atoms with Crippen molar-refractivity contribution in [2.24, 2.45) is 0 Å². The van der Waals surface area contributed by atoms with Crippen molar-refractivity contribution in [1.82, 2.24) is 39.0 Å². The van der Waals surface area contributed by atoms with Crippen molar-refractivity contribution in [2.45, 2.75) is 0 Å². The molecule has 0 spiro atoms. The molecule has 0 N–H and O–H groups in total. The second-order valence-corrected chi connectivity index (χ2v) is 28.0. The number of aromatic nitrogens is 8. The normalized spacial score (nSPS) is 11.6. The van der Waals surface area contributed by atoms with Crippen LogP contribution in [0.25, 0.3) is 212 Å². The van der Waals surface area contributed by atoms with Crippen LogP contribution in [0.15, 0.2) is 397 Å². The van der Waals surface area contributed by atoms with Gasteiger partial charge in [-0.15, -0.1) is 0 Å². The summed E-state index contributed by atoms with van der Waals surface area (Å²) in [5, 5.41) is 9.02. The molecular formula is C102H64N8O2. The van der Waals surface area contributed by atoms with E-state index in [1.165, 1.54) is 16.5 Å². The van der Waals surface area contributed by atoms with Gasteiger partial charge in [-0.05, 0) is 111 Å². The molecule has 6 heterocycles. The van der Waals surface area contributed by atoms with E-state index in [4.69, 9.17) is 38.7 Å². The van der Waals surface area contributed by atoms with Crippen molar-refractivity contribution in [2.75, 3.05) is 0 Å². The van der Waals surface area contributed by atoms with E-state index in [2.05, 4.69) is 300 Å². The average Bonchev–Trinajstić information content (AvgIpc) is 1.56. The van der Waals surface area contributed by atoms with Crippen LogP contribution >= 0.6 is 0 Å². The van der Waals surface area contributed by atoms with Crippen LogP contribution in [0.1, 0.15) is 0 Å². The lowest BCUT2D eigenvalue weighted by Gasteiger charge is -2.15. The minimum absolute atomic E-state index is 0.593. The largest absolute Gasteiger partial charge is 0.456 e. The van der Waals surface area contributed by atoms with Crippen molar-refractivity contribution in [3.05, 3.63) is 388 Å². The van der Waals surface area contributed by atoms with Crippen LogP contribution in [0.5, 0.6) is 0 Å². The maximum absolute atomic E-state index is 6.50. The predicted molar refractivity (Wildman–Crippen MR) is 457 cm³/mol. The smallest absolute Gasteiger partial charge is 0.166 e. The topological polar surface area (TPSA) is 113 Å². The van der Waals surface area contributed by atoms with Gasteiger partial charge < -0.3 is 18.0 Å². The quantitative estimate of drug-likeness (QED) is 0.119. The molecule has 10 nitrogen and oxygen atoms in total. The molecule has 0 saturated carbocycles. The van der Waals surface area contributed by atoms with Gasteiger partial charge in [0.15, 0.2) is 34.9 Å². The van der Waals surface area contributed by atoms with Gasteiger partial charge >= 0.3 is 0 Å². The molecule has 0 fully saturated rings. The highest BCUT2D eigenvalue weighted by molar-refractivity contribution is 6.22. The number of para-hydroxylation sites is 4. The van der Waals surface area contributed by atoms with Crippen LogP contribution < -0.4 is 0 Å². The molecule has 0 radical (unpaired) electrons. The van der Waals surface area contributed by atoms with Crippen LogP contribution in [0, 0.1) is 0 Å². The van der Waals surface area contributed by atoms with Crippen LogP contribution in [0.2, 0.25) is 0 Å². The molecule has 22 rings (SSSR count). The molecule has 16 aromatic carbocycles. The van der Waals surface area contributed by atoms with Gasteiger partial charge in [-0.3, -0.25) is 0 Å². The highest BCUT2D eigenvalue weighted by atomic mass is 16.3. The second-order valence-electron chi connectivity index (χ2n) is 28.0. The van der Waals surface area contributed by atoms with Crippen LogP contribution in [0.3, 0.4) is 0 Å². The van der Waals surface area contributed by atoms with Crippen molar-refractivity contribution < 1.29 is 8.83 Å². The molecule has 0 atom stereocenters. The van der Waals surface area contributed by atoms with Crippen LogP contribution in [-0.4, -0.2) is 39.0 Å². The van der Waals surface area contributed by atoms with Crippen LogP contribution in [-0.2, 0) is 0 Å². The average molecular weight is 1430 g/mol. The molecule has 112 heavy (non-hydrogen) atoms. The number of fused-ring (bicyclic) bond motifs is 12. The van der Waals surface area contributed by atoms with E-state index >= 15 is 0 Å². The van der Waals surface area contributed by atoms with Crippen molar-refractivity contribution >= 4 is 87.5 Å². The van der Waals surface area contributed by atoms with Crippen molar-refractivity contribution in [3.8, 4) is 124 Å².